The van der Waals surface area contributed by atoms with Crippen LogP contribution in [0.5, 0.6) is 0 Å². The van der Waals surface area contributed by atoms with Gasteiger partial charge in [0.15, 0.2) is 0 Å². The summed E-state index contributed by atoms with van der Waals surface area (Å²) < 4.78 is 9.23. The highest BCUT2D eigenvalue weighted by Crippen LogP contribution is 2.38. The Morgan fingerprint density at radius 3 is 1.61 bits per heavy atom. The van der Waals surface area contributed by atoms with Crippen LogP contribution in [0.25, 0.3) is 39.4 Å². The van der Waals surface area contributed by atoms with E-state index in [9.17, 15) is 4.79 Å². The van der Waals surface area contributed by atoms with Gasteiger partial charge in [0, 0.05) is 28.2 Å². The molecule has 0 amide bonds. The van der Waals surface area contributed by atoms with E-state index in [1.54, 1.807) is 18.2 Å². The molecule has 0 fully saturated rings. The Balaban J connectivity index is 1.34. The average Bonchev–Trinajstić information content (AvgIpc) is 3.52. The largest absolute Gasteiger partial charge is 0.477 e. The number of benzene rings is 5. The lowest BCUT2D eigenvalue weighted by atomic mass is 9.97. The van der Waals surface area contributed by atoms with Gasteiger partial charge in [0.25, 0.3) is 0 Å². The number of carboxylic acids is 1. The van der Waals surface area contributed by atoms with Gasteiger partial charge in [-0.15, -0.1) is 0 Å². The lowest BCUT2D eigenvalue weighted by Gasteiger charge is -2.25. The maximum atomic E-state index is 11.2. The summed E-state index contributed by atoms with van der Waals surface area (Å²) in [6.45, 7) is 0. The van der Waals surface area contributed by atoms with Crippen LogP contribution in [-0.4, -0.2) is 19.8 Å². The van der Waals surface area contributed by atoms with Gasteiger partial charge in [0.05, 0.1) is 11.7 Å². The van der Waals surface area contributed by atoms with Crippen LogP contribution in [0, 0.1) is 11.3 Å². The molecule has 6 nitrogen and oxygen atoms in total. The van der Waals surface area contributed by atoms with Crippen molar-refractivity contribution in [1.29, 1.82) is 5.26 Å². The first-order valence-electron chi connectivity index (χ1n) is 12.8. The Hall–Kier alpha value is -5.58. The average molecular weight is 551 g/mol. The van der Waals surface area contributed by atoms with E-state index in [2.05, 4.69) is 68.2 Å². The van der Waals surface area contributed by atoms with Crippen LogP contribution in [0.4, 0.5) is 17.1 Å². The monoisotopic (exact) mass is 550 g/mol. The van der Waals surface area contributed by atoms with E-state index in [-0.39, 0.29) is 5.57 Å². The molecule has 7 heteroatoms. The molecule has 6 rings (SSSR count). The number of carbonyl (C=O) groups is 1. The van der Waals surface area contributed by atoms with E-state index >= 15 is 0 Å². The Morgan fingerprint density at radius 2 is 1.15 bits per heavy atom. The Labute approximate surface area is 241 Å². The molecule has 5 aromatic carbocycles. The highest BCUT2D eigenvalue weighted by atomic mass is 32.1. The Bertz CT molecular complexity index is 1870. The lowest BCUT2D eigenvalue weighted by molar-refractivity contribution is -0.132. The minimum Gasteiger partial charge on any atom is -0.477 e. The summed E-state index contributed by atoms with van der Waals surface area (Å²) >= 11 is 1.17. The number of aliphatic carboxylic acids is 1. The van der Waals surface area contributed by atoms with Crippen molar-refractivity contribution in [2.24, 2.45) is 0 Å². The van der Waals surface area contributed by atoms with Crippen molar-refractivity contribution in [1.82, 2.24) is 8.75 Å². The first-order chi connectivity index (χ1) is 20.1. The summed E-state index contributed by atoms with van der Waals surface area (Å²) in [6.07, 6.45) is 1.36. The van der Waals surface area contributed by atoms with Crippen molar-refractivity contribution in [3.05, 3.63) is 132 Å². The maximum Gasteiger partial charge on any atom is 0.346 e. The van der Waals surface area contributed by atoms with Crippen LogP contribution >= 0.6 is 11.7 Å². The summed E-state index contributed by atoms with van der Waals surface area (Å²) in [5.74, 6) is -1.25. The molecular weight excluding hydrogens is 528 g/mol. The van der Waals surface area contributed by atoms with E-state index in [0.29, 0.717) is 5.56 Å². The molecule has 1 aromatic heterocycles. The van der Waals surface area contributed by atoms with Gasteiger partial charge >= 0.3 is 5.97 Å². The molecule has 0 aliphatic heterocycles. The summed E-state index contributed by atoms with van der Waals surface area (Å²) in [5, 5.41) is 18.2. The zero-order valence-corrected chi connectivity index (χ0v) is 22.5. The molecule has 0 radical (unpaired) electrons. The maximum absolute atomic E-state index is 11.2. The predicted octanol–water partition coefficient (Wildman–Crippen LogP) is 8.49. The van der Waals surface area contributed by atoms with E-state index in [1.165, 1.54) is 17.8 Å². The Morgan fingerprint density at radius 1 is 0.683 bits per heavy atom. The minimum atomic E-state index is -1.25. The van der Waals surface area contributed by atoms with Crippen LogP contribution in [0.15, 0.2) is 127 Å². The number of carboxylic acid groups (broad SMARTS) is 1. The molecule has 1 heterocycles. The zero-order valence-electron chi connectivity index (χ0n) is 21.7. The normalized spacial score (nSPS) is 11.2. The van der Waals surface area contributed by atoms with E-state index in [1.807, 2.05) is 54.6 Å². The molecule has 0 saturated carbocycles. The fourth-order valence-electron chi connectivity index (χ4n) is 4.79. The molecule has 0 aliphatic carbocycles. The number of para-hydroxylation sites is 2. The van der Waals surface area contributed by atoms with Crippen LogP contribution in [0.3, 0.4) is 0 Å². The number of nitriles is 1. The van der Waals surface area contributed by atoms with Crippen molar-refractivity contribution < 1.29 is 9.90 Å². The van der Waals surface area contributed by atoms with Crippen molar-refractivity contribution in [2.75, 3.05) is 4.90 Å². The number of hydrogen-bond donors (Lipinski definition) is 1. The van der Waals surface area contributed by atoms with Gasteiger partial charge in [-0.1, -0.05) is 84.9 Å². The summed E-state index contributed by atoms with van der Waals surface area (Å²) in [7, 11) is 0. The molecule has 0 aliphatic rings. The molecule has 41 heavy (non-hydrogen) atoms. The number of nitrogens with zero attached hydrogens (tertiary/aromatic N) is 4. The first kappa shape index (κ1) is 25.7. The third kappa shape index (κ3) is 5.20. The molecule has 0 atom stereocenters. The Kier molecular flexibility index (Phi) is 7.06. The highest BCUT2D eigenvalue weighted by Gasteiger charge is 2.16. The molecule has 6 aromatic rings. The minimum absolute atomic E-state index is 0.310. The van der Waals surface area contributed by atoms with Gasteiger partial charge < -0.3 is 10.0 Å². The van der Waals surface area contributed by atoms with Gasteiger partial charge in [-0.2, -0.15) is 14.0 Å². The second-order valence-electron chi connectivity index (χ2n) is 9.27. The standard InChI is InChI=1S/C34H22N4O2S/c35-22-26(34(39)40)21-23-11-13-24(14-12-23)30-19-20-31(33-32(30)36-41-37-33)25-15-17-29(18-16-25)38(27-7-3-1-4-8-27)28-9-5-2-6-10-28/h1-21H,(H,39,40)/b26-21+. The van der Waals surface area contributed by atoms with Crippen molar-refractivity contribution in [2.45, 2.75) is 0 Å². The fourth-order valence-corrected chi connectivity index (χ4v) is 5.36. The van der Waals surface area contributed by atoms with E-state index in [0.717, 1.165) is 50.3 Å². The smallest absolute Gasteiger partial charge is 0.346 e. The van der Waals surface area contributed by atoms with Crippen LogP contribution < -0.4 is 4.90 Å². The summed E-state index contributed by atoms with van der Waals surface area (Å²) in [6, 6.07) is 42.2. The lowest BCUT2D eigenvalue weighted by Crippen LogP contribution is -2.09. The van der Waals surface area contributed by atoms with Gasteiger partial charge in [0.1, 0.15) is 22.7 Å². The van der Waals surface area contributed by atoms with E-state index < -0.39 is 5.97 Å². The van der Waals surface area contributed by atoms with Crippen molar-refractivity contribution in [3.8, 4) is 28.3 Å². The third-order valence-electron chi connectivity index (χ3n) is 6.76. The van der Waals surface area contributed by atoms with Gasteiger partial charge in [-0.3, -0.25) is 0 Å². The number of rotatable bonds is 7. The molecule has 0 bridgehead atoms. The summed E-state index contributed by atoms with van der Waals surface area (Å²) in [5.41, 5.74) is 9.05. The number of anilines is 3. The van der Waals surface area contributed by atoms with Crippen LogP contribution in [-0.2, 0) is 4.79 Å². The summed E-state index contributed by atoms with van der Waals surface area (Å²) in [4.78, 5) is 13.4. The molecule has 196 valence electrons. The molecule has 0 spiro atoms. The van der Waals surface area contributed by atoms with Crippen LogP contribution in [0.1, 0.15) is 5.56 Å². The quantitative estimate of drug-likeness (QED) is 0.158. The SMILES string of the molecule is N#C/C(=C\c1ccc(-c2ccc(-c3ccc(N(c4ccccc4)c4ccccc4)cc3)c3nsnc23)cc1)C(=O)O. The first-order valence-corrected chi connectivity index (χ1v) is 13.6. The predicted molar refractivity (Wildman–Crippen MR) is 164 cm³/mol. The second-order valence-corrected chi connectivity index (χ2v) is 9.80. The van der Waals surface area contributed by atoms with Crippen molar-refractivity contribution in [3.63, 3.8) is 0 Å². The van der Waals surface area contributed by atoms with Crippen molar-refractivity contribution >= 4 is 51.9 Å². The van der Waals surface area contributed by atoms with Gasteiger partial charge in [-0.25, -0.2) is 4.79 Å². The fraction of sp³-hybridized carbons (Fsp3) is 0. The zero-order chi connectivity index (χ0) is 28.2. The molecular formula is C34H22N4O2S. The third-order valence-corrected chi connectivity index (χ3v) is 7.29. The number of fused-ring (bicyclic) bond motifs is 1. The topological polar surface area (TPSA) is 90.1 Å². The molecule has 0 saturated heterocycles. The molecule has 0 unspecified atom stereocenters. The van der Waals surface area contributed by atoms with Gasteiger partial charge in [0.2, 0.25) is 0 Å². The van der Waals surface area contributed by atoms with E-state index in [4.69, 9.17) is 10.4 Å². The number of aromatic nitrogens is 2. The van der Waals surface area contributed by atoms with Gasteiger partial charge in [-0.05, 0) is 59.2 Å². The highest BCUT2D eigenvalue weighted by molar-refractivity contribution is 7.00. The second kappa shape index (κ2) is 11.3. The molecule has 1 N–H and O–H groups in total. The van der Waals surface area contributed by atoms with Crippen LogP contribution in [0.2, 0.25) is 0 Å². The number of hydrogen-bond acceptors (Lipinski definition) is 6.